The molecular weight excluding hydrogens is 468 g/mol. The number of hydrogen-bond donors (Lipinski definition) is 5. The second-order valence-electron chi connectivity index (χ2n) is 8.40. The van der Waals surface area contributed by atoms with Crippen LogP contribution in [0.25, 0.3) is 0 Å². The smallest absolute Gasteiger partial charge is 0.342 e. The molecule has 2 aliphatic heterocycles. The normalized spacial score (nSPS) is 26.2. The predicted octanol–water partition coefficient (Wildman–Crippen LogP) is 0.299. The molecule has 192 valence electrons. The van der Waals surface area contributed by atoms with Gasteiger partial charge >= 0.3 is 17.9 Å². The van der Waals surface area contributed by atoms with Crippen LogP contribution in [-0.2, 0) is 32.1 Å². The predicted molar refractivity (Wildman–Crippen MR) is 116 cm³/mol. The second-order valence-corrected chi connectivity index (χ2v) is 8.40. The van der Waals surface area contributed by atoms with E-state index in [-0.39, 0.29) is 37.2 Å². The topological polar surface area (TPSA) is 189 Å². The average Bonchev–Trinajstić information content (AvgIpc) is 3.19. The van der Waals surface area contributed by atoms with Gasteiger partial charge in [-0.2, -0.15) is 0 Å². The van der Waals surface area contributed by atoms with Gasteiger partial charge in [0.25, 0.3) is 0 Å². The molecule has 35 heavy (non-hydrogen) atoms. The largest absolute Gasteiger partial charge is 0.496 e. The number of allylic oxidation sites excluding steroid dienone is 2. The zero-order valence-corrected chi connectivity index (χ0v) is 19.4. The molecule has 12 nitrogen and oxygen atoms in total. The third kappa shape index (κ3) is 5.25. The monoisotopic (exact) mass is 496 g/mol. The lowest BCUT2D eigenvalue weighted by atomic mass is 9.94. The number of esters is 1. The number of carboxylic acids is 2. The molecule has 0 radical (unpaired) electrons. The van der Waals surface area contributed by atoms with E-state index in [4.69, 9.17) is 24.1 Å². The Labute approximate surface area is 200 Å². The van der Waals surface area contributed by atoms with Gasteiger partial charge in [-0.25, -0.2) is 9.59 Å². The summed E-state index contributed by atoms with van der Waals surface area (Å²) in [6, 6.07) is 0. The van der Waals surface area contributed by atoms with E-state index in [2.05, 4.69) is 0 Å². The highest BCUT2D eigenvalue weighted by molar-refractivity contribution is 5.98. The number of aliphatic carboxylic acids is 2. The van der Waals surface area contributed by atoms with Crippen molar-refractivity contribution in [3.63, 3.8) is 0 Å². The van der Waals surface area contributed by atoms with Crippen molar-refractivity contribution in [1.29, 1.82) is 0 Å². The summed E-state index contributed by atoms with van der Waals surface area (Å²) in [4.78, 5) is 35.0. The number of aliphatic hydroxyl groups is 3. The van der Waals surface area contributed by atoms with Gasteiger partial charge in [-0.1, -0.05) is 11.6 Å². The number of carboxylic acid groups (broad SMARTS) is 2. The molecule has 12 heteroatoms. The van der Waals surface area contributed by atoms with Crippen molar-refractivity contribution in [2.75, 3.05) is 7.11 Å². The van der Waals surface area contributed by atoms with E-state index in [0.29, 0.717) is 22.4 Å². The Balaban J connectivity index is 2.07. The molecular formula is C23H28O12. The first-order valence-corrected chi connectivity index (χ1v) is 10.8. The third-order valence-electron chi connectivity index (χ3n) is 6.06. The SMILES string of the molecule is COc1c(C)c2c(c(O[C@@H]3O[C@H](C(=O)O)[C@@H](O)[C@H](O)[C@H]3O)c1CC=C(C)CCC(=O)O)C(=O)OC2. The molecule has 0 saturated carbocycles. The van der Waals surface area contributed by atoms with Gasteiger partial charge in [0.05, 0.1) is 7.11 Å². The lowest BCUT2D eigenvalue weighted by Crippen LogP contribution is -2.61. The van der Waals surface area contributed by atoms with Gasteiger partial charge in [0.2, 0.25) is 6.29 Å². The quantitative estimate of drug-likeness (QED) is 0.233. The van der Waals surface area contributed by atoms with Crippen molar-refractivity contribution in [2.45, 2.75) is 70.4 Å². The molecule has 1 aromatic rings. The van der Waals surface area contributed by atoms with Gasteiger partial charge in [0.1, 0.15) is 42.0 Å². The number of rotatable bonds is 9. The minimum absolute atomic E-state index is 0.0400. The van der Waals surface area contributed by atoms with Crippen LogP contribution in [0.4, 0.5) is 0 Å². The van der Waals surface area contributed by atoms with Crippen LogP contribution in [-0.4, -0.2) is 81.3 Å². The number of aliphatic hydroxyl groups excluding tert-OH is 3. The fourth-order valence-electron chi connectivity index (χ4n) is 4.09. The first-order valence-electron chi connectivity index (χ1n) is 10.8. The van der Waals surface area contributed by atoms with E-state index in [0.717, 1.165) is 5.57 Å². The highest BCUT2D eigenvalue weighted by Gasteiger charge is 2.49. The lowest BCUT2D eigenvalue weighted by Gasteiger charge is -2.39. The molecule has 2 aliphatic rings. The van der Waals surface area contributed by atoms with E-state index >= 15 is 0 Å². The number of benzene rings is 1. The summed E-state index contributed by atoms with van der Waals surface area (Å²) in [5.41, 5.74) is 2.22. The average molecular weight is 496 g/mol. The van der Waals surface area contributed by atoms with Gasteiger partial charge in [0, 0.05) is 17.5 Å². The summed E-state index contributed by atoms with van der Waals surface area (Å²) >= 11 is 0. The molecule has 1 saturated heterocycles. The Morgan fingerprint density at radius 3 is 2.37 bits per heavy atom. The third-order valence-corrected chi connectivity index (χ3v) is 6.06. The van der Waals surface area contributed by atoms with Crippen LogP contribution in [0.1, 0.15) is 46.8 Å². The number of carbonyl (C=O) groups is 3. The molecule has 0 unspecified atom stereocenters. The molecule has 0 spiro atoms. The molecule has 5 N–H and O–H groups in total. The van der Waals surface area contributed by atoms with Gasteiger partial charge < -0.3 is 44.5 Å². The Morgan fingerprint density at radius 1 is 1.09 bits per heavy atom. The molecule has 1 fully saturated rings. The minimum atomic E-state index is -1.91. The summed E-state index contributed by atoms with van der Waals surface area (Å²) in [5.74, 6) is -2.99. The van der Waals surface area contributed by atoms with Crippen molar-refractivity contribution >= 4 is 17.9 Å². The molecule has 2 heterocycles. The number of ether oxygens (including phenoxy) is 4. The Bertz CT molecular complexity index is 1050. The van der Waals surface area contributed by atoms with Crippen molar-refractivity contribution in [3.05, 3.63) is 33.9 Å². The van der Waals surface area contributed by atoms with Crippen molar-refractivity contribution in [2.24, 2.45) is 0 Å². The number of carbonyl (C=O) groups excluding carboxylic acids is 1. The van der Waals surface area contributed by atoms with Crippen LogP contribution in [0, 0.1) is 6.92 Å². The molecule has 0 amide bonds. The standard InChI is InChI=1S/C23H28O12/c1-9(5-7-13(24)25)4-6-11-18(32-3)10(2)12-8-33-22(31)14(12)19(11)34-23-17(28)15(26)16(27)20(35-23)21(29)30/h4,15-17,20,23,26-28H,5-8H2,1-3H3,(H,24,25)(H,29,30)/t15-,16-,17+,20-,23+/m0/s1. The number of fused-ring (bicyclic) bond motifs is 1. The summed E-state index contributed by atoms with van der Waals surface area (Å²) in [6.45, 7) is 3.40. The van der Waals surface area contributed by atoms with E-state index in [9.17, 15) is 34.8 Å². The molecule has 1 aromatic carbocycles. The van der Waals surface area contributed by atoms with E-state index in [1.54, 1.807) is 19.9 Å². The lowest BCUT2D eigenvalue weighted by molar-refractivity contribution is -0.271. The van der Waals surface area contributed by atoms with Crippen LogP contribution in [0.5, 0.6) is 11.5 Å². The second kappa shape index (κ2) is 10.6. The fourth-order valence-corrected chi connectivity index (χ4v) is 4.09. The maximum Gasteiger partial charge on any atom is 0.342 e. The molecule has 0 aromatic heterocycles. The Morgan fingerprint density at radius 2 is 1.77 bits per heavy atom. The van der Waals surface area contributed by atoms with Crippen molar-refractivity contribution < 1.29 is 58.9 Å². The number of hydrogen-bond acceptors (Lipinski definition) is 10. The zero-order valence-electron chi connectivity index (χ0n) is 19.4. The summed E-state index contributed by atoms with van der Waals surface area (Å²) in [5, 5.41) is 48.8. The number of cyclic esters (lactones) is 1. The van der Waals surface area contributed by atoms with Crippen LogP contribution < -0.4 is 9.47 Å². The van der Waals surface area contributed by atoms with Crippen LogP contribution in [0.3, 0.4) is 0 Å². The summed E-state index contributed by atoms with van der Waals surface area (Å²) < 4.78 is 21.8. The van der Waals surface area contributed by atoms with E-state index < -0.39 is 48.6 Å². The minimum Gasteiger partial charge on any atom is -0.496 e. The van der Waals surface area contributed by atoms with Gasteiger partial charge in [-0.3, -0.25) is 4.79 Å². The molecule has 0 aliphatic carbocycles. The maximum atomic E-state index is 12.6. The van der Waals surface area contributed by atoms with E-state index in [1.807, 2.05) is 0 Å². The maximum absolute atomic E-state index is 12.6. The Hall–Kier alpha value is -3.19. The number of methoxy groups -OCH3 is 1. The fraction of sp³-hybridized carbons (Fsp3) is 0.522. The molecule has 0 bridgehead atoms. The molecule has 5 atom stereocenters. The first kappa shape index (κ1) is 26.4. The van der Waals surface area contributed by atoms with Crippen LogP contribution in [0.15, 0.2) is 11.6 Å². The van der Waals surface area contributed by atoms with Crippen LogP contribution >= 0.6 is 0 Å². The van der Waals surface area contributed by atoms with Gasteiger partial charge in [-0.15, -0.1) is 0 Å². The van der Waals surface area contributed by atoms with E-state index in [1.165, 1.54) is 7.11 Å². The highest BCUT2D eigenvalue weighted by atomic mass is 16.7. The molecule has 3 rings (SSSR count). The van der Waals surface area contributed by atoms with Gasteiger partial charge in [0.15, 0.2) is 6.10 Å². The van der Waals surface area contributed by atoms with Crippen molar-refractivity contribution in [1.82, 2.24) is 0 Å². The highest BCUT2D eigenvalue weighted by Crippen LogP contribution is 2.44. The van der Waals surface area contributed by atoms with Crippen LogP contribution in [0.2, 0.25) is 0 Å². The zero-order chi connectivity index (χ0) is 26.0. The Kier molecular flexibility index (Phi) is 8.00. The summed E-state index contributed by atoms with van der Waals surface area (Å²) in [7, 11) is 1.41. The first-order chi connectivity index (χ1) is 16.5. The summed E-state index contributed by atoms with van der Waals surface area (Å²) in [6.07, 6.45) is -7.23. The van der Waals surface area contributed by atoms with Crippen molar-refractivity contribution in [3.8, 4) is 11.5 Å². The van der Waals surface area contributed by atoms with Gasteiger partial charge in [-0.05, 0) is 32.3 Å².